The lowest BCUT2D eigenvalue weighted by Crippen LogP contribution is -2.48. The number of carbonyl (C=O) groups is 2. The highest BCUT2D eigenvalue weighted by Gasteiger charge is 2.17. The van der Waals surface area contributed by atoms with E-state index in [1.807, 2.05) is 18.2 Å². The minimum Gasteiger partial charge on any atom is -0.356 e. The third-order valence-electron chi connectivity index (χ3n) is 3.13. The summed E-state index contributed by atoms with van der Waals surface area (Å²) in [6.45, 7) is 2.66. The summed E-state index contributed by atoms with van der Waals surface area (Å²) >= 11 is 0. The first-order valence-electron chi connectivity index (χ1n) is 6.31. The monoisotopic (exact) mass is 282 g/mol. The Morgan fingerprint density at radius 3 is 2.42 bits per heavy atom. The molecule has 1 heterocycles. The molecule has 0 spiro atoms. The molecule has 0 aliphatic carbocycles. The smallest absolute Gasteiger partial charge is 0.220 e. The van der Waals surface area contributed by atoms with E-state index in [-0.39, 0.29) is 36.9 Å². The average Bonchev–Trinajstić information content (AvgIpc) is 2.35. The standard InChI is InChI=1S/C14H18N2O2.ClH/c17-13(12-4-2-1-3-5-12)6-7-14(18)16-10-11-8-15-9-11;/h1-5,11,15H,6-10H2,(H,16,18);1H. The second kappa shape index (κ2) is 7.92. The molecule has 19 heavy (non-hydrogen) atoms. The van der Waals surface area contributed by atoms with Crippen LogP contribution in [0.25, 0.3) is 0 Å². The topological polar surface area (TPSA) is 58.2 Å². The highest BCUT2D eigenvalue weighted by atomic mass is 35.5. The Morgan fingerprint density at radius 1 is 1.16 bits per heavy atom. The van der Waals surface area contributed by atoms with Gasteiger partial charge < -0.3 is 10.6 Å². The van der Waals surface area contributed by atoms with Crippen LogP contribution in [0.1, 0.15) is 23.2 Å². The van der Waals surface area contributed by atoms with E-state index in [2.05, 4.69) is 10.6 Å². The van der Waals surface area contributed by atoms with Crippen molar-refractivity contribution in [1.29, 1.82) is 0 Å². The molecule has 2 rings (SSSR count). The van der Waals surface area contributed by atoms with E-state index in [1.165, 1.54) is 0 Å². The third-order valence-corrected chi connectivity index (χ3v) is 3.13. The number of amides is 1. The number of hydrogen-bond donors (Lipinski definition) is 2. The molecule has 0 radical (unpaired) electrons. The largest absolute Gasteiger partial charge is 0.356 e. The van der Waals surface area contributed by atoms with E-state index < -0.39 is 0 Å². The molecule has 4 nitrogen and oxygen atoms in total. The number of halogens is 1. The molecule has 1 aromatic rings. The summed E-state index contributed by atoms with van der Waals surface area (Å²) in [5.41, 5.74) is 0.675. The van der Waals surface area contributed by atoms with Gasteiger partial charge in [0.25, 0.3) is 0 Å². The van der Waals surface area contributed by atoms with Gasteiger partial charge in [-0.3, -0.25) is 9.59 Å². The molecular formula is C14H19ClN2O2. The number of nitrogens with one attached hydrogen (secondary N) is 2. The first-order chi connectivity index (χ1) is 8.75. The summed E-state index contributed by atoms with van der Waals surface area (Å²) in [5.74, 6) is 0.543. The molecule has 1 fully saturated rings. The van der Waals surface area contributed by atoms with Crippen LogP contribution in [0.3, 0.4) is 0 Å². The molecule has 2 N–H and O–H groups in total. The Labute approximate surface area is 119 Å². The Kier molecular flexibility index (Phi) is 6.53. The maximum absolute atomic E-state index is 11.8. The maximum atomic E-state index is 11.8. The number of hydrogen-bond acceptors (Lipinski definition) is 3. The first-order valence-corrected chi connectivity index (χ1v) is 6.31. The van der Waals surface area contributed by atoms with Crippen molar-refractivity contribution in [3.8, 4) is 0 Å². The van der Waals surface area contributed by atoms with Crippen molar-refractivity contribution in [3.63, 3.8) is 0 Å². The highest BCUT2D eigenvalue weighted by molar-refractivity contribution is 5.97. The van der Waals surface area contributed by atoms with Crippen LogP contribution in [0.15, 0.2) is 30.3 Å². The van der Waals surface area contributed by atoms with Crippen LogP contribution in [-0.4, -0.2) is 31.3 Å². The molecule has 1 aliphatic rings. The van der Waals surface area contributed by atoms with Gasteiger partial charge in [0.2, 0.25) is 5.91 Å². The van der Waals surface area contributed by atoms with Gasteiger partial charge in [-0.2, -0.15) is 0 Å². The zero-order valence-electron chi connectivity index (χ0n) is 10.7. The summed E-state index contributed by atoms with van der Waals surface area (Å²) in [7, 11) is 0. The van der Waals surface area contributed by atoms with Crippen molar-refractivity contribution in [2.45, 2.75) is 12.8 Å². The van der Waals surface area contributed by atoms with Crippen molar-refractivity contribution in [2.24, 2.45) is 5.92 Å². The van der Waals surface area contributed by atoms with E-state index in [1.54, 1.807) is 12.1 Å². The summed E-state index contributed by atoms with van der Waals surface area (Å²) in [5, 5.41) is 6.01. The van der Waals surface area contributed by atoms with Crippen LogP contribution in [0.5, 0.6) is 0 Å². The SMILES string of the molecule is Cl.O=C(CCC(=O)c1ccccc1)NCC1CNC1. The Morgan fingerprint density at radius 2 is 1.84 bits per heavy atom. The Bertz CT molecular complexity index is 419. The van der Waals surface area contributed by atoms with E-state index in [4.69, 9.17) is 0 Å². The van der Waals surface area contributed by atoms with Gasteiger partial charge in [0, 0.05) is 44.0 Å². The van der Waals surface area contributed by atoms with Crippen molar-refractivity contribution in [3.05, 3.63) is 35.9 Å². The normalized spacial score (nSPS) is 14.1. The second-order valence-electron chi connectivity index (χ2n) is 4.62. The molecule has 104 valence electrons. The predicted molar refractivity (Wildman–Crippen MR) is 76.6 cm³/mol. The van der Waals surface area contributed by atoms with E-state index in [0.717, 1.165) is 13.1 Å². The molecule has 0 atom stereocenters. The fraction of sp³-hybridized carbons (Fsp3) is 0.429. The lowest BCUT2D eigenvalue weighted by Gasteiger charge is -2.27. The number of benzene rings is 1. The lowest BCUT2D eigenvalue weighted by atomic mass is 10.0. The zero-order valence-corrected chi connectivity index (χ0v) is 11.5. The van der Waals surface area contributed by atoms with Crippen LogP contribution in [0, 0.1) is 5.92 Å². The summed E-state index contributed by atoms with van der Waals surface area (Å²) in [6.07, 6.45) is 0.548. The molecule has 5 heteroatoms. The third kappa shape index (κ3) is 5.01. The van der Waals surface area contributed by atoms with Gasteiger partial charge in [0.1, 0.15) is 0 Å². The fourth-order valence-corrected chi connectivity index (χ4v) is 1.83. The van der Waals surface area contributed by atoms with Crippen LogP contribution < -0.4 is 10.6 Å². The van der Waals surface area contributed by atoms with Crippen molar-refractivity contribution in [1.82, 2.24) is 10.6 Å². The number of ketones is 1. The molecule has 1 aliphatic heterocycles. The van der Waals surface area contributed by atoms with Crippen molar-refractivity contribution >= 4 is 24.1 Å². The quantitative estimate of drug-likeness (QED) is 0.776. The molecule has 1 saturated heterocycles. The Balaban J connectivity index is 0.00000180. The van der Waals surface area contributed by atoms with Crippen LogP contribution in [0.2, 0.25) is 0 Å². The fourth-order valence-electron chi connectivity index (χ4n) is 1.83. The van der Waals surface area contributed by atoms with Crippen LogP contribution in [0.4, 0.5) is 0 Å². The average molecular weight is 283 g/mol. The van der Waals surface area contributed by atoms with E-state index >= 15 is 0 Å². The first kappa shape index (κ1) is 15.7. The van der Waals surface area contributed by atoms with Crippen LogP contribution in [-0.2, 0) is 4.79 Å². The van der Waals surface area contributed by atoms with Gasteiger partial charge in [-0.25, -0.2) is 0 Å². The maximum Gasteiger partial charge on any atom is 0.220 e. The van der Waals surface area contributed by atoms with E-state index in [9.17, 15) is 9.59 Å². The summed E-state index contributed by atoms with van der Waals surface area (Å²) < 4.78 is 0. The molecule has 0 saturated carbocycles. The molecular weight excluding hydrogens is 264 g/mol. The van der Waals surface area contributed by atoms with Crippen molar-refractivity contribution < 1.29 is 9.59 Å². The predicted octanol–water partition coefficient (Wildman–Crippen LogP) is 1.41. The molecule has 0 bridgehead atoms. The Hall–Kier alpha value is -1.39. The van der Waals surface area contributed by atoms with Gasteiger partial charge in [-0.15, -0.1) is 12.4 Å². The number of Topliss-reactive ketones (excluding diaryl/α,β-unsaturated/α-hetero) is 1. The lowest BCUT2D eigenvalue weighted by molar-refractivity contribution is -0.121. The molecule has 0 aromatic heterocycles. The zero-order chi connectivity index (χ0) is 12.8. The van der Waals surface area contributed by atoms with Gasteiger partial charge >= 0.3 is 0 Å². The van der Waals surface area contributed by atoms with Crippen molar-refractivity contribution in [2.75, 3.05) is 19.6 Å². The number of carbonyl (C=O) groups excluding carboxylic acids is 2. The van der Waals surface area contributed by atoms with Crippen LogP contribution >= 0.6 is 12.4 Å². The summed E-state index contributed by atoms with van der Waals surface area (Å²) in [4.78, 5) is 23.3. The van der Waals surface area contributed by atoms with Gasteiger partial charge in [-0.05, 0) is 0 Å². The minimum atomic E-state index is -0.0359. The van der Waals surface area contributed by atoms with E-state index in [0.29, 0.717) is 18.0 Å². The van der Waals surface area contributed by atoms with Gasteiger partial charge in [-0.1, -0.05) is 30.3 Å². The molecule has 0 unspecified atom stereocenters. The van der Waals surface area contributed by atoms with Gasteiger partial charge in [0.05, 0.1) is 0 Å². The molecule has 1 amide bonds. The summed E-state index contributed by atoms with van der Waals surface area (Å²) in [6, 6.07) is 9.09. The highest BCUT2D eigenvalue weighted by Crippen LogP contribution is 2.05. The molecule has 1 aromatic carbocycles. The number of rotatable bonds is 6. The van der Waals surface area contributed by atoms with Gasteiger partial charge in [0.15, 0.2) is 5.78 Å². The second-order valence-corrected chi connectivity index (χ2v) is 4.62. The minimum absolute atomic E-state index is 0.